The van der Waals surface area contributed by atoms with Gasteiger partial charge in [-0.15, -0.1) is 0 Å². The van der Waals surface area contributed by atoms with Crippen LogP contribution in [0.3, 0.4) is 0 Å². The summed E-state index contributed by atoms with van der Waals surface area (Å²) in [6, 6.07) is 13.7. The quantitative estimate of drug-likeness (QED) is 0.330. The Bertz CT molecular complexity index is 771. The van der Waals surface area contributed by atoms with Gasteiger partial charge in [0.1, 0.15) is 12.4 Å². The maximum absolute atomic E-state index is 12.8. The summed E-state index contributed by atoms with van der Waals surface area (Å²) in [5, 5.41) is 11.1. The minimum atomic E-state index is -3.35. The van der Waals surface area contributed by atoms with Crippen molar-refractivity contribution < 1.29 is 23.3 Å². The number of nitro groups is 1. The van der Waals surface area contributed by atoms with Crippen molar-refractivity contribution in [2.45, 2.75) is 26.6 Å². The molecule has 0 aliphatic rings. The van der Waals surface area contributed by atoms with Gasteiger partial charge in [0.15, 0.2) is 0 Å². The number of non-ortho nitro benzene ring substituents is 1. The number of hydrogen-bond donors (Lipinski definition) is 0. The second kappa shape index (κ2) is 9.48. The van der Waals surface area contributed by atoms with Crippen LogP contribution < -0.4 is 4.74 Å². The standard InChI is InChI=1S/C18H22NO6P/c1-3-24-26(22,25-4-2)14-16-10-11-17(19(20)21)12-18(16)23-13-15-8-6-5-7-9-15/h5-12H,3-4,13-14H2,1-2H3. The summed E-state index contributed by atoms with van der Waals surface area (Å²) in [5.74, 6) is 0.294. The van der Waals surface area contributed by atoms with Gasteiger partial charge in [0.2, 0.25) is 0 Å². The Hall–Kier alpha value is -2.21. The highest BCUT2D eigenvalue weighted by Gasteiger charge is 2.27. The molecule has 0 spiro atoms. The molecule has 2 aromatic rings. The SMILES string of the molecule is CCOP(=O)(Cc1ccc([N+](=O)[O-])cc1OCc1ccccc1)OCC. The Balaban J connectivity index is 2.28. The van der Waals surface area contributed by atoms with E-state index in [-0.39, 0.29) is 31.7 Å². The molecule has 0 atom stereocenters. The van der Waals surface area contributed by atoms with Crippen molar-refractivity contribution in [2.24, 2.45) is 0 Å². The Labute approximate surface area is 152 Å². The molecule has 0 N–H and O–H groups in total. The van der Waals surface area contributed by atoms with Crippen LogP contribution in [-0.4, -0.2) is 18.1 Å². The molecular weight excluding hydrogens is 357 g/mol. The zero-order chi connectivity index (χ0) is 19.0. The van der Waals surface area contributed by atoms with E-state index in [1.807, 2.05) is 30.3 Å². The minimum Gasteiger partial charge on any atom is -0.488 e. The molecule has 2 rings (SSSR count). The molecule has 0 amide bonds. The van der Waals surface area contributed by atoms with Gasteiger partial charge in [0.05, 0.1) is 30.4 Å². The van der Waals surface area contributed by atoms with E-state index >= 15 is 0 Å². The lowest BCUT2D eigenvalue weighted by molar-refractivity contribution is -0.385. The van der Waals surface area contributed by atoms with Crippen LogP contribution >= 0.6 is 7.60 Å². The van der Waals surface area contributed by atoms with Gasteiger partial charge < -0.3 is 13.8 Å². The van der Waals surface area contributed by atoms with Crippen LogP contribution in [0.15, 0.2) is 48.5 Å². The maximum Gasteiger partial charge on any atom is 0.335 e. The van der Waals surface area contributed by atoms with Gasteiger partial charge >= 0.3 is 7.60 Å². The van der Waals surface area contributed by atoms with Crippen LogP contribution in [0.5, 0.6) is 5.75 Å². The zero-order valence-electron chi connectivity index (χ0n) is 14.8. The third-order valence-corrected chi connectivity index (χ3v) is 5.55. The molecule has 0 bridgehead atoms. The topological polar surface area (TPSA) is 87.9 Å². The van der Waals surface area contributed by atoms with E-state index in [1.54, 1.807) is 13.8 Å². The van der Waals surface area contributed by atoms with Crippen molar-refractivity contribution in [1.82, 2.24) is 0 Å². The highest BCUT2D eigenvalue weighted by molar-refractivity contribution is 7.53. The highest BCUT2D eigenvalue weighted by Crippen LogP contribution is 2.52. The smallest absolute Gasteiger partial charge is 0.335 e. The first kappa shape index (κ1) is 20.1. The summed E-state index contributed by atoms with van der Waals surface area (Å²) >= 11 is 0. The summed E-state index contributed by atoms with van der Waals surface area (Å²) in [4.78, 5) is 10.6. The van der Waals surface area contributed by atoms with Crippen LogP contribution in [0.2, 0.25) is 0 Å². The number of benzene rings is 2. The summed E-state index contributed by atoms with van der Waals surface area (Å²) in [5.41, 5.74) is 1.36. The van der Waals surface area contributed by atoms with E-state index in [1.165, 1.54) is 18.2 Å². The van der Waals surface area contributed by atoms with Crippen LogP contribution in [-0.2, 0) is 26.4 Å². The predicted molar refractivity (Wildman–Crippen MR) is 98.4 cm³/mol. The summed E-state index contributed by atoms with van der Waals surface area (Å²) in [7, 11) is -3.35. The summed E-state index contributed by atoms with van der Waals surface area (Å²) in [6.07, 6.45) is -0.0171. The Kier molecular flexibility index (Phi) is 7.33. The normalized spacial score (nSPS) is 11.3. The third-order valence-electron chi connectivity index (χ3n) is 3.51. The number of nitrogens with zero attached hydrogens (tertiary/aromatic N) is 1. The molecular formula is C18H22NO6P. The molecule has 0 fully saturated rings. The molecule has 26 heavy (non-hydrogen) atoms. The van der Waals surface area contributed by atoms with Crippen molar-refractivity contribution in [3.8, 4) is 5.75 Å². The van der Waals surface area contributed by atoms with Gasteiger partial charge in [-0.05, 0) is 25.5 Å². The van der Waals surface area contributed by atoms with Crippen molar-refractivity contribution in [3.63, 3.8) is 0 Å². The fraction of sp³-hybridized carbons (Fsp3) is 0.333. The van der Waals surface area contributed by atoms with Gasteiger partial charge in [0, 0.05) is 11.6 Å². The Morgan fingerprint density at radius 1 is 1.04 bits per heavy atom. The van der Waals surface area contributed by atoms with E-state index < -0.39 is 12.5 Å². The van der Waals surface area contributed by atoms with Crippen molar-refractivity contribution >= 4 is 13.3 Å². The molecule has 0 saturated heterocycles. The van der Waals surface area contributed by atoms with Crippen LogP contribution in [0.1, 0.15) is 25.0 Å². The van der Waals surface area contributed by atoms with Gasteiger partial charge in [0.25, 0.3) is 5.69 Å². The second-order valence-electron chi connectivity index (χ2n) is 5.43. The minimum absolute atomic E-state index is 0.0171. The second-order valence-corrected chi connectivity index (χ2v) is 7.48. The first-order chi connectivity index (χ1) is 12.5. The van der Waals surface area contributed by atoms with Crippen LogP contribution in [0, 0.1) is 10.1 Å². The van der Waals surface area contributed by atoms with Gasteiger partial charge in [-0.2, -0.15) is 0 Å². The fourth-order valence-corrected chi connectivity index (χ4v) is 4.11. The molecule has 0 heterocycles. The predicted octanol–water partition coefficient (Wildman–Crippen LogP) is 4.94. The average Bonchev–Trinajstić information content (AvgIpc) is 2.62. The molecule has 0 radical (unpaired) electrons. The lowest BCUT2D eigenvalue weighted by atomic mass is 10.2. The third kappa shape index (κ3) is 5.66. The zero-order valence-corrected chi connectivity index (χ0v) is 15.7. The Morgan fingerprint density at radius 2 is 1.69 bits per heavy atom. The van der Waals surface area contributed by atoms with E-state index in [9.17, 15) is 14.7 Å². The van der Waals surface area contributed by atoms with Crippen molar-refractivity contribution in [3.05, 3.63) is 69.8 Å². The van der Waals surface area contributed by atoms with E-state index in [0.29, 0.717) is 11.3 Å². The van der Waals surface area contributed by atoms with Crippen LogP contribution in [0.25, 0.3) is 0 Å². The summed E-state index contributed by atoms with van der Waals surface area (Å²) < 4.78 is 29.2. The largest absolute Gasteiger partial charge is 0.488 e. The molecule has 7 nitrogen and oxygen atoms in total. The molecule has 0 saturated carbocycles. The van der Waals surface area contributed by atoms with E-state index in [4.69, 9.17) is 13.8 Å². The van der Waals surface area contributed by atoms with Gasteiger partial charge in [-0.25, -0.2) is 0 Å². The molecule has 140 valence electrons. The number of ether oxygens (including phenoxy) is 1. The van der Waals surface area contributed by atoms with Crippen molar-refractivity contribution in [2.75, 3.05) is 13.2 Å². The highest BCUT2D eigenvalue weighted by atomic mass is 31.2. The summed E-state index contributed by atoms with van der Waals surface area (Å²) in [6.45, 7) is 4.18. The lowest BCUT2D eigenvalue weighted by Crippen LogP contribution is -2.03. The molecule has 0 aliphatic heterocycles. The van der Waals surface area contributed by atoms with E-state index in [2.05, 4.69) is 0 Å². The fourth-order valence-electron chi connectivity index (χ4n) is 2.39. The molecule has 0 unspecified atom stereocenters. The number of hydrogen-bond acceptors (Lipinski definition) is 6. The maximum atomic E-state index is 12.8. The van der Waals surface area contributed by atoms with Crippen molar-refractivity contribution in [1.29, 1.82) is 0 Å². The molecule has 0 aromatic heterocycles. The Morgan fingerprint density at radius 3 is 2.27 bits per heavy atom. The van der Waals surface area contributed by atoms with Gasteiger partial charge in [-0.1, -0.05) is 30.3 Å². The first-order valence-corrected chi connectivity index (χ1v) is 10.0. The first-order valence-electron chi connectivity index (χ1n) is 8.29. The van der Waals surface area contributed by atoms with E-state index in [0.717, 1.165) is 5.56 Å². The monoisotopic (exact) mass is 379 g/mol. The molecule has 8 heteroatoms. The number of rotatable bonds is 10. The van der Waals surface area contributed by atoms with Crippen LogP contribution in [0.4, 0.5) is 5.69 Å². The van der Waals surface area contributed by atoms with Gasteiger partial charge in [-0.3, -0.25) is 14.7 Å². The average molecular weight is 379 g/mol. The number of nitro benzene ring substituents is 1. The molecule has 2 aromatic carbocycles. The lowest BCUT2D eigenvalue weighted by Gasteiger charge is -2.19. The molecule has 0 aliphatic carbocycles.